The van der Waals surface area contributed by atoms with Gasteiger partial charge < -0.3 is 15.4 Å². The molecular formula is C11H20N2O2S. The summed E-state index contributed by atoms with van der Waals surface area (Å²) in [5.74, 6) is 0.0505. The summed E-state index contributed by atoms with van der Waals surface area (Å²) in [6.45, 7) is 1.12. The molecule has 1 saturated carbocycles. The van der Waals surface area contributed by atoms with E-state index < -0.39 is 5.41 Å². The number of nitrogens with zero attached hydrogens (tertiary/aromatic N) is 1. The molecule has 4 nitrogen and oxygen atoms in total. The molecule has 2 N–H and O–H groups in total. The van der Waals surface area contributed by atoms with Crippen molar-refractivity contribution in [2.45, 2.75) is 25.7 Å². The van der Waals surface area contributed by atoms with Crippen LogP contribution in [0.4, 0.5) is 0 Å². The van der Waals surface area contributed by atoms with Crippen LogP contribution in [0, 0.1) is 5.41 Å². The van der Waals surface area contributed by atoms with Gasteiger partial charge in [0.1, 0.15) is 0 Å². The van der Waals surface area contributed by atoms with Crippen molar-refractivity contribution >= 4 is 23.1 Å². The molecule has 1 aliphatic carbocycles. The monoisotopic (exact) mass is 244 g/mol. The van der Waals surface area contributed by atoms with Crippen LogP contribution in [0.15, 0.2) is 0 Å². The van der Waals surface area contributed by atoms with E-state index in [9.17, 15) is 4.79 Å². The molecule has 0 aliphatic heterocycles. The first-order valence-electron chi connectivity index (χ1n) is 5.59. The molecule has 92 valence electrons. The lowest BCUT2D eigenvalue weighted by atomic mass is 9.84. The van der Waals surface area contributed by atoms with Crippen LogP contribution in [0.3, 0.4) is 0 Å². The third kappa shape index (κ3) is 2.52. The van der Waals surface area contributed by atoms with E-state index >= 15 is 0 Å². The molecular weight excluding hydrogens is 224 g/mol. The summed E-state index contributed by atoms with van der Waals surface area (Å²) in [5, 5.41) is 0. The fraction of sp³-hybridized carbons (Fsp3) is 0.818. The summed E-state index contributed by atoms with van der Waals surface area (Å²) in [5.41, 5.74) is 5.17. The van der Waals surface area contributed by atoms with Crippen LogP contribution < -0.4 is 5.73 Å². The molecule has 0 atom stereocenters. The number of ether oxygens (including phenoxy) is 1. The number of rotatable bonds is 5. The Balaban J connectivity index is 2.72. The standard InChI is InChI=1S/C11H20N2O2S/c1-13(7-8-15-2)10(14)11(9(12)16)5-3-4-6-11/h3-8H2,1-2H3,(H2,12,16). The molecule has 1 rings (SSSR count). The maximum atomic E-state index is 12.3. The van der Waals surface area contributed by atoms with Crippen molar-refractivity contribution < 1.29 is 9.53 Å². The first kappa shape index (κ1) is 13.4. The number of carbonyl (C=O) groups excluding carboxylic acids is 1. The molecule has 0 aromatic heterocycles. The number of carbonyl (C=O) groups is 1. The molecule has 1 fully saturated rings. The summed E-state index contributed by atoms with van der Waals surface area (Å²) < 4.78 is 4.96. The van der Waals surface area contributed by atoms with E-state index in [1.54, 1.807) is 19.1 Å². The van der Waals surface area contributed by atoms with Gasteiger partial charge in [0.15, 0.2) is 0 Å². The Kier molecular flexibility index (Phi) is 4.68. The van der Waals surface area contributed by atoms with Gasteiger partial charge in [0.25, 0.3) is 0 Å². The molecule has 1 amide bonds. The minimum Gasteiger partial charge on any atom is -0.392 e. The molecule has 0 bridgehead atoms. The van der Waals surface area contributed by atoms with Gasteiger partial charge >= 0.3 is 0 Å². The second-order valence-corrected chi connectivity index (χ2v) is 4.81. The molecule has 0 spiro atoms. The molecule has 0 saturated heterocycles. The molecule has 0 aromatic rings. The van der Waals surface area contributed by atoms with E-state index in [1.807, 2.05) is 0 Å². The van der Waals surface area contributed by atoms with E-state index in [2.05, 4.69) is 0 Å². The average Bonchev–Trinajstić information content (AvgIpc) is 2.75. The average molecular weight is 244 g/mol. The van der Waals surface area contributed by atoms with Crippen molar-refractivity contribution in [2.75, 3.05) is 27.3 Å². The Morgan fingerprint density at radius 2 is 2.06 bits per heavy atom. The largest absolute Gasteiger partial charge is 0.392 e. The summed E-state index contributed by atoms with van der Waals surface area (Å²) in [6, 6.07) is 0. The zero-order chi connectivity index (χ0) is 12.2. The Hall–Kier alpha value is -0.680. The predicted octanol–water partition coefficient (Wildman–Crippen LogP) is 0.938. The molecule has 5 heteroatoms. The van der Waals surface area contributed by atoms with E-state index in [1.165, 1.54) is 0 Å². The Morgan fingerprint density at radius 3 is 2.50 bits per heavy atom. The molecule has 0 heterocycles. The predicted molar refractivity (Wildman–Crippen MR) is 67.2 cm³/mol. The fourth-order valence-corrected chi connectivity index (χ4v) is 2.53. The highest BCUT2D eigenvalue weighted by molar-refractivity contribution is 7.80. The van der Waals surface area contributed by atoms with Gasteiger partial charge in [0, 0.05) is 20.7 Å². The molecule has 1 aliphatic rings. The van der Waals surface area contributed by atoms with E-state index in [4.69, 9.17) is 22.7 Å². The lowest BCUT2D eigenvalue weighted by Crippen LogP contribution is -2.48. The number of likely N-dealkylation sites (N-methyl/N-ethyl adjacent to an activating group) is 1. The number of hydrogen-bond acceptors (Lipinski definition) is 3. The van der Waals surface area contributed by atoms with Crippen LogP contribution >= 0.6 is 12.2 Å². The fourth-order valence-electron chi connectivity index (χ4n) is 2.24. The molecule has 0 aromatic carbocycles. The first-order chi connectivity index (χ1) is 7.54. The first-order valence-corrected chi connectivity index (χ1v) is 6.00. The van der Waals surface area contributed by atoms with Crippen molar-refractivity contribution in [3.05, 3.63) is 0 Å². The van der Waals surface area contributed by atoms with Gasteiger partial charge in [-0.25, -0.2) is 0 Å². The highest BCUT2D eigenvalue weighted by atomic mass is 32.1. The number of amides is 1. The molecule has 0 unspecified atom stereocenters. The smallest absolute Gasteiger partial charge is 0.235 e. The normalized spacial score (nSPS) is 18.4. The maximum absolute atomic E-state index is 12.3. The third-order valence-electron chi connectivity index (χ3n) is 3.32. The van der Waals surface area contributed by atoms with Crippen LogP contribution in [0.25, 0.3) is 0 Å². The van der Waals surface area contributed by atoms with Gasteiger partial charge in [0.2, 0.25) is 5.91 Å². The summed E-state index contributed by atoms with van der Waals surface area (Å²) >= 11 is 5.07. The minimum absolute atomic E-state index is 0.0505. The Morgan fingerprint density at radius 1 is 1.50 bits per heavy atom. The van der Waals surface area contributed by atoms with E-state index in [0.29, 0.717) is 18.1 Å². The van der Waals surface area contributed by atoms with Crippen molar-refractivity contribution in [3.63, 3.8) is 0 Å². The maximum Gasteiger partial charge on any atom is 0.235 e. The van der Waals surface area contributed by atoms with Crippen LogP contribution in [0.5, 0.6) is 0 Å². The van der Waals surface area contributed by atoms with Gasteiger partial charge in [-0.3, -0.25) is 4.79 Å². The number of hydrogen-bond donors (Lipinski definition) is 1. The molecule has 16 heavy (non-hydrogen) atoms. The van der Waals surface area contributed by atoms with E-state index in [0.717, 1.165) is 25.7 Å². The van der Waals surface area contributed by atoms with E-state index in [-0.39, 0.29) is 5.91 Å². The van der Waals surface area contributed by atoms with Crippen LogP contribution in [0.2, 0.25) is 0 Å². The van der Waals surface area contributed by atoms with Gasteiger partial charge in [-0.2, -0.15) is 0 Å². The zero-order valence-electron chi connectivity index (χ0n) is 9.99. The van der Waals surface area contributed by atoms with Crippen molar-refractivity contribution in [3.8, 4) is 0 Å². The van der Waals surface area contributed by atoms with Gasteiger partial charge in [-0.05, 0) is 12.8 Å². The van der Waals surface area contributed by atoms with Gasteiger partial charge in [-0.15, -0.1) is 0 Å². The van der Waals surface area contributed by atoms with Crippen molar-refractivity contribution in [2.24, 2.45) is 11.1 Å². The quantitative estimate of drug-likeness (QED) is 0.731. The Labute approximate surface area is 102 Å². The zero-order valence-corrected chi connectivity index (χ0v) is 10.8. The summed E-state index contributed by atoms with van der Waals surface area (Å²) in [6.07, 6.45) is 3.64. The van der Waals surface area contributed by atoms with Gasteiger partial charge in [0.05, 0.1) is 17.0 Å². The SMILES string of the molecule is COCCN(C)C(=O)C1(C(N)=S)CCCC1. The summed E-state index contributed by atoms with van der Waals surface area (Å²) in [7, 11) is 3.40. The topological polar surface area (TPSA) is 55.6 Å². The lowest BCUT2D eigenvalue weighted by molar-refractivity contribution is -0.137. The lowest BCUT2D eigenvalue weighted by Gasteiger charge is -2.31. The van der Waals surface area contributed by atoms with Crippen molar-refractivity contribution in [1.29, 1.82) is 0 Å². The summed E-state index contributed by atoms with van der Waals surface area (Å²) in [4.78, 5) is 14.3. The number of nitrogens with two attached hydrogens (primary N) is 1. The highest BCUT2D eigenvalue weighted by Crippen LogP contribution is 2.39. The van der Waals surface area contributed by atoms with Crippen LogP contribution in [-0.2, 0) is 9.53 Å². The second kappa shape index (κ2) is 5.59. The third-order valence-corrected chi connectivity index (χ3v) is 3.71. The Bertz CT molecular complexity index is 275. The van der Waals surface area contributed by atoms with Crippen molar-refractivity contribution in [1.82, 2.24) is 4.90 Å². The van der Waals surface area contributed by atoms with Crippen LogP contribution in [0.1, 0.15) is 25.7 Å². The molecule has 0 radical (unpaired) electrons. The highest BCUT2D eigenvalue weighted by Gasteiger charge is 2.45. The van der Waals surface area contributed by atoms with Gasteiger partial charge in [-0.1, -0.05) is 25.1 Å². The number of thiocarbonyl (C=S) groups is 1. The number of methoxy groups -OCH3 is 1. The van der Waals surface area contributed by atoms with Crippen LogP contribution in [-0.4, -0.2) is 43.1 Å². The second-order valence-electron chi connectivity index (χ2n) is 4.37. The minimum atomic E-state index is -0.585.